The zero-order valence-electron chi connectivity index (χ0n) is 10.6. The van der Waals surface area contributed by atoms with Crippen LogP contribution in [0.3, 0.4) is 0 Å². The molecule has 0 radical (unpaired) electrons. The van der Waals surface area contributed by atoms with Crippen LogP contribution < -0.4 is 5.32 Å². The van der Waals surface area contributed by atoms with Crippen molar-refractivity contribution in [2.75, 3.05) is 0 Å². The number of aromatic nitrogens is 1. The number of hydrogen-bond acceptors (Lipinski definition) is 3. The molecular formula is C14H17ClN2S. The van der Waals surface area contributed by atoms with E-state index >= 15 is 0 Å². The molecule has 0 bridgehead atoms. The molecule has 2 nitrogen and oxygen atoms in total. The highest BCUT2D eigenvalue weighted by molar-refractivity contribution is 7.09. The van der Waals surface area contributed by atoms with Gasteiger partial charge in [0.1, 0.15) is 0 Å². The van der Waals surface area contributed by atoms with Crippen molar-refractivity contribution in [1.29, 1.82) is 0 Å². The van der Waals surface area contributed by atoms with Gasteiger partial charge in [-0.15, -0.1) is 11.3 Å². The number of thiazole rings is 1. The van der Waals surface area contributed by atoms with Crippen LogP contribution in [0.4, 0.5) is 0 Å². The average molecular weight is 281 g/mol. The molecule has 2 rings (SSSR count). The van der Waals surface area contributed by atoms with Gasteiger partial charge < -0.3 is 5.32 Å². The third-order valence-corrected chi connectivity index (χ3v) is 4.25. The first-order valence-electron chi connectivity index (χ1n) is 6.11. The van der Waals surface area contributed by atoms with Gasteiger partial charge in [-0.25, -0.2) is 4.98 Å². The van der Waals surface area contributed by atoms with E-state index in [0.717, 1.165) is 29.2 Å². The normalized spacial score (nSPS) is 12.6. The molecule has 0 aliphatic heterocycles. The molecule has 1 N–H and O–H groups in total. The van der Waals surface area contributed by atoms with E-state index < -0.39 is 0 Å². The lowest BCUT2D eigenvalue weighted by atomic mass is 10.1. The summed E-state index contributed by atoms with van der Waals surface area (Å²) < 4.78 is 0. The second-order valence-corrected chi connectivity index (χ2v) is 5.56. The summed E-state index contributed by atoms with van der Waals surface area (Å²) in [5.41, 5.74) is 2.24. The van der Waals surface area contributed by atoms with Crippen LogP contribution in [0.15, 0.2) is 29.6 Å². The molecular weight excluding hydrogens is 264 g/mol. The largest absolute Gasteiger partial charge is 0.304 e. The summed E-state index contributed by atoms with van der Waals surface area (Å²) >= 11 is 7.90. The van der Waals surface area contributed by atoms with Gasteiger partial charge in [0.05, 0.1) is 10.7 Å². The van der Waals surface area contributed by atoms with E-state index in [9.17, 15) is 0 Å². The fraction of sp³-hybridized carbons (Fsp3) is 0.357. The smallest absolute Gasteiger partial charge is 0.0926 e. The molecule has 0 amide bonds. The first-order chi connectivity index (χ1) is 8.70. The van der Waals surface area contributed by atoms with Crippen molar-refractivity contribution in [1.82, 2.24) is 10.3 Å². The maximum Gasteiger partial charge on any atom is 0.0926 e. The van der Waals surface area contributed by atoms with Crippen LogP contribution in [0.2, 0.25) is 5.02 Å². The molecule has 1 heterocycles. The average Bonchev–Trinajstić information content (AvgIpc) is 2.84. The van der Waals surface area contributed by atoms with Crippen LogP contribution in [-0.4, -0.2) is 4.98 Å². The Hall–Kier alpha value is -0.900. The van der Waals surface area contributed by atoms with Crippen LogP contribution in [0.5, 0.6) is 0 Å². The van der Waals surface area contributed by atoms with Gasteiger partial charge in [0.25, 0.3) is 0 Å². The molecule has 0 saturated carbocycles. The molecule has 0 spiro atoms. The SMILES string of the molecule is CCc1nc(CNC(C)c2ccccc2Cl)cs1. The summed E-state index contributed by atoms with van der Waals surface area (Å²) in [6, 6.07) is 8.17. The molecule has 1 unspecified atom stereocenters. The van der Waals surface area contributed by atoms with Gasteiger partial charge in [-0.05, 0) is 25.0 Å². The van der Waals surface area contributed by atoms with Gasteiger partial charge in [-0.2, -0.15) is 0 Å². The van der Waals surface area contributed by atoms with Crippen LogP contribution in [0.25, 0.3) is 0 Å². The van der Waals surface area contributed by atoms with Crippen LogP contribution in [0, 0.1) is 0 Å². The minimum atomic E-state index is 0.227. The number of halogens is 1. The molecule has 1 aromatic carbocycles. The Labute approximate surface area is 117 Å². The summed E-state index contributed by atoms with van der Waals surface area (Å²) in [7, 11) is 0. The summed E-state index contributed by atoms with van der Waals surface area (Å²) in [4.78, 5) is 4.54. The molecule has 0 saturated heterocycles. The number of benzene rings is 1. The highest BCUT2D eigenvalue weighted by atomic mass is 35.5. The maximum atomic E-state index is 6.17. The van der Waals surface area contributed by atoms with Gasteiger partial charge in [0.2, 0.25) is 0 Å². The standard InChI is InChI=1S/C14H17ClN2S/c1-3-14-17-11(9-18-14)8-16-10(2)12-6-4-5-7-13(12)15/h4-7,9-10,16H,3,8H2,1-2H3. The van der Waals surface area contributed by atoms with Crippen molar-refractivity contribution in [3.63, 3.8) is 0 Å². The first-order valence-corrected chi connectivity index (χ1v) is 7.37. The summed E-state index contributed by atoms with van der Waals surface area (Å²) in [5.74, 6) is 0. The number of nitrogens with one attached hydrogen (secondary N) is 1. The van der Waals surface area contributed by atoms with E-state index in [-0.39, 0.29) is 6.04 Å². The van der Waals surface area contributed by atoms with E-state index in [2.05, 4.69) is 35.6 Å². The molecule has 0 aliphatic carbocycles. The predicted molar refractivity (Wildman–Crippen MR) is 78.2 cm³/mol. The lowest BCUT2D eigenvalue weighted by Gasteiger charge is -2.14. The Morgan fingerprint density at radius 1 is 1.39 bits per heavy atom. The van der Waals surface area contributed by atoms with Gasteiger partial charge in [0, 0.05) is 23.0 Å². The third-order valence-electron chi connectivity index (χ3n) is 2.86. The lowest BCUT2D eigenvalue weighted by molar-refractivity contribution is 0.568. The Morgan fingerprint density at radius 3 is 2.83 bits per heavy atom. The fourth-order valence-corrected chi connectivity index (χ4v) is 2.83. The topological polar surface area (TPSA) is 24.9 Å². The Kier molecular flexibility index (Phi) is 4.75. The number of rotatable bonds is 5. The van der Waals surface area contributed by atoms with Crippen molar-refractivity contribution in [2.24, 2.45) is 0 Å². The first kappa shape index (κ1) is 13.5. The lowest BCUT2D eigenvalue weighted by Crippen LogP contribution is -2.18. The molecule has 1 atom stereocenters. The molecule has 96 valence electrons. The van der Waals surface area contributed by atoms with E-state index in [1.165, 1.54) is 5.01 Å². The van der Waals surface area contributed by atoms with Gasteiger partial charge >= 0.3 is 0 Å². The quantitative estimate of drug-likeness (QED) is 0.887. The van der Waals surface area contributed by atoms with E-state index in [0.29, 0.717) is 0 Å². The molecule has 1 aromatic heterocycles. The highest BCUT2D eigenvalue weighted by Crippen LogP contribution is 2.22. The van der Waals surface area contributed by atoms with Crippen molar-refractivity contribution >= 4 is 22.9 Å². The van der Waals surface area contributed by atoms with Crippen molar-refractivity contribution in [3.8, 4) is 0 Å². The summed E-state index contributed by atoms with van der Waals surface area (Å²) in [5, 5.41) is 7.57. The minimum Gasteiger partial charge on any atom is -0.304 e. The van der Waals surface area contributed by atoms with E-state index in [4.69, 9.17) is 11.6 Å². The van der Waals surface area contributed by atoms with Gasteiger partial charge in [-0.1, -0.05) is 36.7 Å². The van der Waals surface area contributed by atoms with Gasteiger partial charge in [-0.3, -0.25) is 0 Å². The number of aryl methyl sites for hydroxylation is 1. The summed E-state index contributed by atoms with van der Waals surface area (Å²) in [6.45, 7) is 5.03. The van der Waals surface area contributed by atoms with Crippen LogP contribution in [0.1, 0.15) is 36.2 Å². The number of hydrogen-bond donors (Lipinski definition) is 1. The van der Waals surface area contributed by atoms with Crippen LogP contribution in [-0.2, 0) is 13.0 Å². The van der Waals surface area contributed by atoms with Crippen LogP contribution >= 0.6 is 22.9 Å². The zero-order valence-corrected chi connectivity index (χ0v) is 12.2. The Balaban J connectivity index is 1.96. The molecule has 2 aromatic rings. The van der Waals surface area contributed by atoms with Crippen molar-refractivity contribution < 1.29 is 0 Å². The summed E-state index contributed by atoms with van der Waals surface area (Å²) in [6.07, 6.45) is 1.00. The zero-order chi connectivity index (χ0) is 13.0. The maximum absolute atomic E-state index is 6.17. The Bertz CT molecular complexity index is 510. The second kappa shape index (κ2) is 6.32. The monoisotopic (exact) mass is 280 g/mol. The Morgan fingerprint density at radius 2 is 2.17 bits per heavy atom. The third kappa shape index (κ3) is 3.31. The molecule has 0 aliphatic rings. The molecule has 0 fully saturated rings. The fourth-order valence-electron chi connectivity index (χ4n) is 1.79. The molecule has 18 heavy (non-hydrogen) atoms. The minimum absolute atomic E-state index is 0.227. The van der Waals surface area contributed by atoms with E-state index in [1.807, 2.05) is 18.2 Å². The van der Waals surface area contributed by atoms with Crippen molar-refractivity contribution in [2.45, 2.75) is 32.9 Å². The van der Waals surface area contributed by atoms with Crippen molar-refractivity contribution in [3.05, 3.63) is 50.9 Å². The predicted octanol–water partition coefficient (Wildman–Crippen LogP) is 4.21. The second-order valence-electron chi connectivity index (χ2n) is 4.21. The highest BCUT2D eigenvalue weighted by Gasteiger charge is 2.09. The number of nitrogens with zero attached hydrogens (tertiary/aromatic N) is 1. The van der Waals surface area contributed by atoms with Gasteiger partial charge in [0.15, 0.2) is 0 Å². The van der Waals surface area contributed by atoms with E-state index in [1.54, 1.807) is 11.3 Å². The molecule has 4 heteroatoms.